The van der Waals surface area contributed by atoms with Gasteiger partial charge in [-0.15, -0.1) is 0 Å². The Balaban J connectivity index is 2.14. The van der Waals surface area contributed by atoms with Crippen LogP contribution in [-0.2, 0) is 4.79 Å². The number of aryl methyl sites for hydroxylation is 1. The number of benzene rings is 1. The number of amides is 2. The molecule has 1 fully saturated rings. The van der Waals surface area contributed by atoms with Gasteiger partial charge in [-0.1, -0.05) is 0 Å². The first-order valence-corrected chi connectivity index (χ1v) is 6.21. The van der Waals surface area contributed by atoms with Crippen molar-refractivity contribution < 1.29 is 14.5 Å². The molecule has 7 nitrogen and oxygen atoms in total. The van der Waals surface area contributed by atoms with Gasteiger partial charge < -0.3 is 10.2 Å². The number of carbonyl (C=O) groups is 2. The third-order valence-electron chi connectivity index (χ3n) is 3.40. The summed E-state index contributed by atoms with van der Waals surface area (Å²) in [4.78, 5) is 35.5. The number of nitrogens with one attached hydrogen (secondary N) is 1. The van der Waals surface area contributed by atoms with Gasteiger partial charge >= 0.3 is 0 Å². The summed E-state index contributed by atoms with van der Waals surface area (Å²) < 4.78 is 0. The number of nitrogens with zero attached hydrogens (tertiary/aromatic N) is 2. The second-order valence-corrected chi connectivity index (χ2v) is 4.83. The standard InChI is InChI=1S/C13H15N3O4/c1-8-7-9(16(19)20)3-4-10(8)12(17)14-11-5-6-15(2)13(11)18/h3-4,7,11H,5-6H2,1-2H3,(H,14,17)/t11-/m0/s1. The van der Waals surface area contributed by atoms with E-state index < -0.39 is 11.0 Å². The van der Waals surface area contributed by atoms with E-state index in [9.17, 15) is 19.7 Å². The lowest BCUT2D eigenvalue weighted by Gasteiger charge is -2.13. The Morgan fingerprint density at radius 1 is 1.50 bits per heavy atom. The van der Waals surface area contributed by atoms with Crippen LogP contribution in [0.25, 0.3) is 0 Å². The molecule has 1 saturated heterocycles. The molecule has 0 radical (unpaired) electrons. The fourth-order valence-corrected chi connectivity index (χ4v) is 2.21. The van der Waals surface area contributed by atoms with Crippen LogP contribution in [0.15, 0.2) is 18.2 Å². The molecular formula is C13H15N3O4. The summed E-state index contributed by atoms with van der Waals surface area (Å²) in [6, 6.07) is 3.52. The number of non-ortho nitro benzene ring substituents is 1. The maximum Gasteiger partial charge on any atom is 0.269 e. The van der Waals surface area contributed by atoms with Gasteiger partial charge in [-0.05, 0) is 25.0 Å². The SMILES string of the molecule is Cc1cc([N+](=O)[O-])ccc1C(=O)N[C@H]1CCN(C)C1=O. The Morgan fingerprint density at radius 2 is 2.20 bits per heavy atom. The summed E-state index contributed by atoms with van der Waals surface area (Å²) in [6.07, 6.45) is 0.576. The molecule has 7 heteroatoms. The van der Waals surface area contributed by atoms with Gasteiger partial charge in [0.2, 0.25) is 5.91 Å². The van der Waals surface area contributed by atoms with Crippen molar-refractivity contribution in [1.29, 1.82) is 0 Å². The third kappa shape index (κ3) is 2.61. The first kappa shape index (κ1) is 14.0. The average Bonchev–Trinajstić information content (AvgIpc) is 2.70. The number of hydrogen-bond acceptors (Lipinski definition) is 4. The highest BCUT2D eigenvalue weighted by Gasteiger charge is 2.30. The average molecular weight is 277 g/mol. The number of likely N-dealkylation sites (N-methyl/N-ethyl adjacent to an activating group) is 1. The molecule has 1 aliphatic heterocycles. The van der Waals surface area contributed by atoms with Crippen LogP contribution in [0.1, 0.15) is 22.3 Å². The van der Waals surface area contributed by atoms with Gasteiger partial charge in [0.25, 0.3) is 11.6 Å². The van der Waals surface area contributed by atoms with E-state index in [0.717, 1.165) is 0 Å². The molecule has 0 unspecified atom stereocenters. The molecule has 0 spiro atoms. The van der Waals surface area contributed by atoms with E-state index in [1.165, 1.54) is 18.2 Å². The van der Waals surface area contributed by atoms with Crippen molar-refractivity contribution >= 4 is 17.5 Å². The lowest BCUT2D eigenvalue weighted by Crippen LogP contribution is -2.40. The number of nitro benzene ring substituents is 1. The summed E-state index contributed by atoms with van der Waals surface area (Å²) in [5, 5.41) is 13.3. The van der Waals surface area contributed by atoms with Gasteiger partial charge in [0.15, 0.2) is 0 Å². The molecule has 1 atom stereocenters. The van der Waals surface area contributed by atoms with E-state index >= 15 is 0 Å². The lowest BCUT2D eigenvalue weighted by atomic mass is 10.1. The molecule has 20 heavy (non-hydrogen) atoms. The van der Waals surface area contributed by atoms with Crippen LogP contribution in [0.4, 0.5) is 5.69 Å². The first-order chi connectivity index (χ1) is 9.40. The summed E-state index contributed by atoms with van der Waals surface area (Å²) in [5.41, 5.74) is 0.796. The van der Waals surface area contributed by atoms with Crippen molar-refractivity contribution in [1.82, 2.24) is 10.2 Å². The molecule has 1 heterocycles. The number of hydrogen-bond donors (Lipinski definition) is 1. The monoisotopic (exact) mass is 277 g/mol. The van der Waals surface area contributed by atoms with Crippen molar-refractivity contribution in [2.24, 2.45) is 0 Å². The predicted molar refractivity (Wildman–Crippen MR) is 71.3 cm³/mol. The highest BCUT2D eigenvalue weighted by Crippen LogP contribution is 2.18. The number of likely N-dealkylation sites (tertiary alicyclic amines) is 1. The second kappa shape index (κ2) is 5.28. The number of rotatable bonds is 3. The molecule has 0 aliphatic carbocycles. The number of carbonyl (C=O) groups excluding carboxylic acids is 2. The highest BCUT2D eigenvalue weighted by atomic mass is 16.6. The minimum atomic E-state index is -0.512. The molecule has 0 aromatic heterocycles. The quantitative estimate of drug-likeness (QED) is 0.655. The van der Waals surface area contributed by atoms with Crippen LogP contribution in [0.5, 0.6) is 0 Å². The fourth-order valence-electron chi connectivity index (χ4n) is 2.21. The zero-order valence-electron chi connectivity index (χ0n) is 11.3. The first-order valence-electron chi connectivity index (χ1n) is 6.21. The molecule has 2 rings (SSSR count). The zero-order valence-corrected chi connectivity index (χ0v) is 11.3. The summed E-state index contributed by atoms with van der Waals surface area (Å²) in [6.45, 7) is 2.24. The largest absolute Gasteiger partial charge is 0.344 e. The van der Waals surface area contributed by atoms with Gasteiger partial charge in [0.1, 0.15) is 6.04 Å². The topological polar surface area (TPSA) is 92.5 Å². The van der Waals surface area contributed by atoms with E-state index in [1.807, 2.05) is 0 Å². The van der Waals surface area contributed by atoms with E-state index in [4.69, 9.17) is 0 Å². The van der Waals surface area contributed by atoms with Crippen LogP contribution in [0.2, 0.25) is 0 Å². The van der Waals surface area contributed by atoms with Crippen LogP contribution in [0, 0.1) is 17.0 Å². The molecule has 1 N–H and O–H groups in total. The van der Waals surface area contributed by atoms with Gasteiger partial charge in [-0.3, -0.25) is 19.7 Å². The molecule has 106 valence electrons. The zero-order chi connectivity index (χ0) is 14.9. The third-order valence-corrected chi connectivity index (χ3v) is 3.40. The van der Waals surface area contributed by atoms with Gasteiger partial charge in [-0.25, -0.2) is 0 Å². The maximum atomic E-state index is 12.1. The van der Waals surface area contributed by atoms with Crippen molar-refractivity contribution in [3.63, 3.8) is 0 Å². The van der Waals surface area contributed by atoms with Crippen LogP contribution in [0.3, 0.4) is 0 Å². The van der Waals surface area contributed by atoms with Crippen molar-refractivity contribution in [3.05, 3.63) is 39.4 Å². The van der Waals surface area contributed by atoms with Gasteiger partial charge in [0.05, 0.1) is 4.92 Å². The smallest absolute Gasteiger partial charge is 0.269 e. The van der Waals surface area contributed by atoms with E-state index in [1.54, 1.807) is 18.9 Å². The summed E-state index contributed by atoms with van der Waals surface area (Å²) in [7, 11) is 1.69. The fraction of sp³-hybridized carbons (Fsp3) is 0.385. The summed E-state index contributed by atoms with van der Waals surface area (Å²) in [5.74, 6) is -0.496. The normalized spacial score (nSPS) is 18.2. The van der Waals surface area contributed by atoms with Gasteiger partial charge in [-0.2, -0.15) is 0 Å². The minimum Gasteiger partial charge on any atom is -0.344 e. The van der Waals surface area contributed by atoms with Gasteiger partial charge in [0, 0.05) is 31.3 Å². The Morgan fingerprint density at radius 3 is 2.70 bits per heavy atom. The van der Waals surface area contributed by atoms with E-state index in [-0.39, 0.29) is 17.5 Å². The Labute approximate surface area is 115 Å². The Kier molecular flexibility index (Phi) is 3.69. The molecule has 0 saturated carbocycles. The molecule has 1 aromatic rings. The number of nitro groups is 1. The van der Waals surface area contributed by atoms with Crippen LogP contribution < -0.4 is 5.32 Å². The summed E-state index contributed by atoms with van der Waals surface area (Å²) >= 11 is 0. The second-order valence-electron chi connectivity index (χ2n) is 4.83. The molecule has 0 bridgehead atoms. The predicted octanol–water partition coefficient (Wildman–Crippen LogP) is 0.864. The maximum absolute atomic E-state index is 12.1. The van der Waals surface area contributed by atoms with Crippen molar-refractivity contribution in [2.45, 2.75) is 19.4 Å². The van der Waals surface area contributed by atoms with E-state index in [0.29, 0.717) is 24.1 Å². The van der Waals surface area contributed by atoms with Crippen LogP contribution in [-0.4, -0.2) is 41.3 Å². The molecular weight excluding hydrogens is 262 g/mol. The lowest BCUT2D eigenvalue weighted by molar-refractivity contribution is -0.384. The molecule has 2 amide bonds. The van der Waals surface area contributed by atoms with Crippen molar-refractivity contribution in [2.75, 3.05) is 13.6 Å². The van der Waals surface area contributed by atoms with E-state index in [2.05, 4.69) is 5.32 Å². The van der Waals surface area contributed by atoms with Crippen molar-refractivity contribution in [3.8, 4) is 0 Å². The minimum absolute atomic E-state index is 0.0595. The molecule has 1 aromatic carbocycles. The Hall–Kier alpha value is -2.44. The molecule has 1 aliphatic rings. The highest BCUT2D eigenvalue weighted by molar-refractivity contribution is 5.99. The van der Waals surface area contributed by atoms with Crippen LogP contribution >= 0.6 is 0 Å². The Bertz CT molecular complexity index is 585.